The van der Waals surface area contributed by atoms with E-state index in [1.165, 1.54) is 16.2 Å². The summed E-state index contributed by atoms with van der Waals surface area (Å²) in [5.41, 5.74) is 2.20. The van der Waals surface area contributed by atoms with E-state index in [4.69, 9.17) is 6.42 Å². The molecule has 1 fully saturated rings. The minimum absolute atomic E-state index is 0.319. The van der Waals surface area contributed by atoms with E-state index < -0.39 is 18.0 Å². The molecule has 1 aromatic carbocycles. The minimum atomic E-state index is -2.69. The van der Waals surface area contributed by atoms with Gasteiger partial charge in [-0.2, -0.15) is 0 Å². The number of nitrogens with one attached hydrogen (secondary N) is 2. The molecule has 3 heterocycles. The number of hydrogen-bond acceptors (Lipinski definition) is 6. The molecule has 0 bridgehead atoms. The van der Waals surface area contributed by atoms with Crippen molar-refractivity contribution in [2.45, 2.75) is 12.0 Å². The van der Waals surface area contributed by atoms with Gasteiger partial charge in [-0.05, 0) is 29.2 Å². The molecule has 7 nitrogen and oxygen atoms in total. The summed E-state index contributed by atoms with van der Waals surface area (Å²) < 4.78 is 26.6. The highest BCUT2D eigenvalue weighted by molar-refractivity contribution is 7.10. The van der Waals surface area contributed by atoms with Crippen molar-refractivity contribution >= 4 is 29.0 Å². The van der Waals surface area contributed by atoms with Gasteiger partial charge in [-0.25, -0.2) is 23.5 Å². The lowest BCUT2D eigenvalue weighted by molar-refractivity contribution is -0.0266. The standard InChI is InChI=1S/C22H19F2N5O2S/c1-2-19-27-18(11-32-19)28-21(31)26-17(10-30)15-7-5-14(6-8-15)16-4-3-9-25-20(16)29-12-22(23,24)13-29/h1,3-9,11,17,30H,10,12-13H2,(H2,26,28,31). The summed E-state index contributed by atoms with van der Waals surface area (Å²) in [6.07, 6.45) is 6.84. The van der Waals surface area contributed by atoms with Crippen LogP contribution in [0.4, 0.5) is 25.2 Å². The normalized spacial score (nSPS) is 15.4. The van der Waals surface area contributed by atoms with E-state index >= 15 is 0 Å². The van der Waals surface area contributed by atoms with Crippen LogP contribution in [0.1, 0.15) is 16.6 Å². The lowest BCUT2D eigenvalue weighted by Crippen LogP contribution is -2.56. The summed E-state index contributed by atoms with van der Waals surface area (Å²) in [7, 11) is 0. The van der Waals surface area contributed by atoms with E-state index in [0.717, 1.165) is 11.1 Å². The van der Waals surface area contributed by atoms with Gasteiger partial charge in [0.2, 0.25) is 0 Å². The van der Waals surface area contributed by atoms with Crippen LogP contribution >= 0.6 is 11.3 Å². The molecular weight excluding hydrogens is 436 g/mol. The van der Waals surface area contributed by atoms with Crippen LogP contribution in [0.5, 0.6) is 0 Å². The molecule has 1 aliphatic heterocycles. The lowest BCUT2D eigenvalue weighted by Gasteiger charge is -2.40. The van der Waals surface area contributed by atoms with Gasteiger partial charge < -0.3 is 15.3 Å². The molecule has 2 aromatic heterocycles. The first kappa shape index (κ1) is 21.7. The summed E-state index contributed by atoms with van der Waals surface area (Å²) >= 11 is 1.23. The Morgan fingerprint density at radius 2 is 2.06 bits per heavy atom. The van der Waals surface area contributed by atoms with Crippen LogP contribution in [0.2, 0.25) is 0 Å². The number of terminal acetylenes is 1. The highest BCUT2D eigenvalue weighted by Gasteiger charge is 2.45. The van der Waals surface area contributed by atoms with E-state index in [-0.39, 0.29) is 19.7 Å². The quantitative estimate of drug-likeness (QED) is 0.495. The number of amides is 2. The average molecular weight is 455 g/mol. The third-order valence-corrected chi connectivity index (χ3v) is 5.69. The van der Waals surface area contributed by atoms with Crippen molar-refractivity contribution in [1.29, 1.82) is 0 Å². The zero-order valence-corrected chi connectivity index (χ0v) is 17.6. The van der Waals surface area contributed by atoms with Gasteiger partial charge in [0, 0.05) is 17.1 Å². The van der Waals surface area contributed by atoms with Gasteiger partial charge in [-0.3, -0.25) is 5.32 Å². The molecule has 164 valence electrons. The highest BCUT2D eigenvalue weighted by atomic mass is 32.1. The van der Waals surface area contributed by atoms with Crippen molar-refractivity contribution in [2.24, 2.45) is 0 Å². The van der Waals surface area contributed by atoms with Crippen LogP contribution in [0.15, 0.2) is 48.0 Å². The number of anilines is 2. The van der Waals surface area contributed by atoms with Gasteiger partial charge in [-0.15, -0.1) is 17.8 Å². The van der Waals surface area contributed by atoms with E-state index in [1.807, 2.05) is 6.07 Å². The molecule has 1 atom stereocenters. The molecule has 1 saturated heterocycles. The first-order chi connectivity index (χ1) is 15.4. The van der Waals surface area contributed by atoms with Crippen molar-refractivity contribution in [3.8, 4) is 23.5 Å². The van der Waals surface area contributed by atoms with E-state index in [0.29, 0.717) is 22.2 Å². The summed E-state index contributed by atoms with van der Waals surface area (Å²) in [4.78, 5) is 22.1. The van der Waals surface area contributed by atoms with Gasteiger partial charge in [0.05, 0.1) is 25.7 Å². The van der Waals surface area contributed by atoms with Gasteiger partial charge in [0.1, 0.15) is 11.6 Å². The predicted molar refractivity (Wildman–Crippen MR) is 119 cm³/mol. The maximum Gasteiger partial charge on any atom is 0.320 e. The van der Waals surface area contributed by atoms with Crippen molar-refractivity contribution in [1.82, 2.24) is 15.3 Å². The molecule has 3 aromatic rings. The molecule has 0 spiro atoms. The Kier molecular flexibility index (Phi) is 6.03. The largest absolute Gasteiger partial charge is 0.394 e. The van der Waals surface area contributed by atoms with Crippen molar-refractivity contribution in [2.75, 3.05) is 29.9 Å². The van der Waals surface area contributed by atoms with Gasteiger partial charge in [-0.1, -0.05) is 24.3 Å². The smallest absolute Gasteiger partial charge is 0.320 e. The van der Waals surface area contributed by atoms with Gasteiger partial charge >= 0.3 is 6.03 Å². The fourth-order valence-electron chi connectivity index (χ4n) is 3.37. The Hall–Kier alpha value is -3.55. The van der Waals surface area contributed by atoms with Gasteiger partial charge in [0.15, 0.2) is 5.01 Å². The van der Waals surface area contributed by atoms with Crippen LogP contribution < -0.4 is 15.5 Å². The second-order valence-electron chi connectivity index (χ2n) is 7.22. The molecular formula is C22H19F2N5O2S. The Morgan fingerprint density at radius 3 is 2.69 bits per heavy atom. The predicted octanol–water partition coefficient (Wildman–Crippen LogP) is 3.50. The number of alkyl halides is 2. The number of hydrogen-bond donors (Lipinski definition) is 3. The monoisotopic (exact) mass is 455 g/mol. The molecule has 0 saturated carbocycles. The fraction of sp³-hybridized carbons (Fsp3) is 0.227. The molecule has 1 aliphatic rings. The number of aromatic nitrogens is 2. The fourth-order valence-corrected chi connectivity index (χ4v) is 3.93. The van der Waals surface area contributed by atoms with E-state index in [9.17, 15) is 18.7 Å². The second-order valence-corrected chi connectivity index (χ2v) is 8.08. The number of aliphatic hydroxyl groups is 1. The van der Waals surface area contributed by atoms with Crippen molar-refractivity contribution < 1.29 is 18.7 Å². The first-order valence-corrected chi connectivity index (χ1v) is 10.5. The van der Waals surface area contributed by atoms with Crippen molar-refractivity contribution in [3.05, 3.63) is 58.5 Å². The van der Waals surface area contributed by atoms with Crippen LogP contribution in [-0.2, 0) is 0 Å². The van der Waals surface area contributed by atoms with Crippen LogP contribution in [-0.4, -0.2) is 46.7 Å². The zero-order valence-electron chi connectivity index (χ0n) is 16.8. The average Bonchev–Trinajstić information content (AvgIpc) is 3.23. The van der Waals surface area contributed by atoms with Crippen LogP contribution in [0, 0.1) is 12.3 Å². The summed E-state index contributed by atoms with van der Waals surface area (Å²) in [5, 5.41) is 17.1. The molecule has 32 heavy (non-hydrogen) atoms. The third kappa shape index (κ3) is 4.69. The van der Waals surface area contributed by atoms with Crippen LogP contribution in [0.25, 0.3) is 11.1 Å². The Bertz CT molecular complexity index is 1150. The molecule has 10 heteroatoms. The molecule has 3 N–H and O–H groups in total. The Balaban J connectivity index is 1.46. The third-order valence-electron chi connectivity index (χ3n) is 4.91. The molecule has 4 rings (SSSR count). The van der Waals surface area contributed by atoms with Crippen LogP contribution in [0.3, 0.4) is 0 Å². The number of carbonyl (C=O) groups is 1. The number of pyridine rings is 1. The Morgan fingerprint density at radius 1 is 1.31 bits per heavy atom. The first-order valence-electron chi connectivity index (χ1n) is 9.67. The number of rotatable bonds is 6. The molecule has 1 unspecified atom stereocenters. The minimum Gasteiger partial charge on any atom is -0.394 e. The molecule has 0 radical (unpaired) electrons. The van der Waals surface area contributed by atoms with E-state index in [2.05, 4.69) is 26.5 Å². The number of urea groups is 1. The maximum atomic E-state index is 13.3. The SMILES string of the molecule is C#Cc1nc(NC(=O)NC(CO)c2ccc(-c3cccnc3N3CC(F)(F)C3)cc2)cs1. The maximum absolute atomic E-state index is 13.3. The summed E-state index contributed by atoms with van der Waals surface area (Å²) in [6, 6.07) is 9.51. The number of thiazole rings is 1. The number of halogens is 2. The van der Waals surface area contributed by atoms with E-state index in [1.54, 1.807) is 41.9 Å². The second kappa shape index (κ2) is 8.90. The topological polar surface area (TPSA) is 90.4 Å². The number of nitrogens with zero attached hydrogens (tertiary/aromatic N) is 3. The van der Waals surface area contributed by atoms with Gasteiger partial charge in [0.25, 0.3) is 5.92 Å². The summed E-state index contributed by atoms with van der Waals surface area (Å²) in [6.45, 7) is -1.04. The number of aliphatic hydroxyl groups excluding tert-OH is 1. The number of carbonyl (C=O) groups excluding carboxylic acids is 1. The number of benzene rings is 1. The lowest BCUT2D eigenvalue weighted by atomic mass is 10.00. The zero-order chi connectivity index (χ0) is 22.7. The summed E-state index contributed by atoms with van der Waals surface area (Å²) in [5.74, 6) is 0.520. The molecule has 2 amide bonds. The van der Waals surface area contributed by atoms with Crippen molar-refractivity contribution in [3.63, 3.8) is 0 Å². The molecule has 0 aliphatic carbocycles. The Labute approximate surface area is 187 Å². The highest BCUT2D eigenvalue weighted by Crippen LogP contribution is 2.36.